The second-order valence-corrected chi connectivity index (χ2v) is 36.2. The number of nitrogens with one attached hydrogen (secondary N) is 3. The van der Waals surface area contributed by atoms with Crippen molar-refractivity contribution in [2.45, 2.75) is 148 Å². The van der Waals surface area contributed by atoms with E-state index in [1.807, 2.05) is 54.6 Å². The Kier molecular flexibility index (Phi) is 23.0. The summed E-state index contributed by atoms with van der Waals surface area (Å²) in [6.45, 7) is 14.7. The molecule has 14 rings (SSSR count). The molecule has 0 radical (unpaired) electrons. The lowest BCUT2D eigenvalue weighted by molar-refractivity contribution is 0.00355. The Morgan fingerprint density at radius 1 is 0.564 bits per heavy atom. The molecule has 2 bridgehead atoms. The van der Waals surface area contributed by atoms with Crippen molar-refractivity contribution < 1.29 is 54.1 Å². The fourth-order valence-corrected chi connectivity index (χ4v) is 21.0. The van der Waals surface area contributed by atoms with Gasteiger partial charge in [0.15, 0.2) is 20.2 Å². The first-order valence-corrected chi connectivity index (χ1v) is 40.4. The molecular formula is C72H86N12O12S5. The van der Waals surface area contributed by atoms with Gasteiger partial charge in [-0.2, -0.15) is 16.1 Å². The summed E-state index contributed by atoms with van der Waals surface area (Å²) in [5.41, 5.74) is 9.58. The Bertz CT molecular complexity index is 4800. The molecule has 7 N–H and O–H groups in total. The number of pyridine rings is 4. The number of aliphatic hydroxyl groups excluding tert-OH is 4. The van der Waals surface area contributed by atoms with Gasteiger partial charge in [0.2, 0.25) is 0 Å². The van der Waals surface area contributed by atoms with E-state index in [9.17, 15) is 54.1 Å². The van der Waals surface area contributed by atoms with Crippen molar-refractivity contribution in [3.05, 3.63) is 225 Å². The van der Waals surface area contributed by atoms with Gasteiger partial charge in [-0.05, 0) is 131 Å². The molecule has 5 atom stereocenters. The highest BCUT2D eigenvalue weighted by molar-refractivity contribution is 8.06. The van der Waals surface area contributed by atoms with Crippen LogP contribution in [-0.4, -0.2) is 141 Å². The number of sulfonamides is 4. The molecule has 29 heteroatoms. The third-order valence-electron chi connectivity index (χ3n) is 20.0. The smallest absolute Gasteiger partial charge is 0.260 e. The summed E-state index contributed by atoms with van der Waals surface area (Å²) in [6, 6.07) is 35.4. The van der Waals surface area contributed by atoms with Crippen LogP contribution >= 0.6 is 11.8 Å². The first-order chi connectivity index (χ1) is 48.1. The molecule has 5 aliphatic heterocycles. The molecule has 2 aliphatic carbocycles. The minimum Gasteiger partial charge on any atom is -0.392 e. The van der Waals surface area contributed by atoms with Crippen molar-refractivity contribution in [2.24, 2.45) is 36.7 Å². The van der Waals surface area contributed by atoms with Gasteiger partial charge in [0.25, 0.3) is 40.1 Å². The molecule has 3 fully saturated rings. The van der Waals surface area contributed by atoms with Crippen LogP contribution in [0.4, 0.5) is 0 Å². The molecule has 3 aromatic carbocycles. The summed E-state index contributed by atoms with van der Waals surface area (Å²) in [5.74, 6) is 1.13. The van der Waals surface area contributed by atoms with Crippen molar-refractivity contribution in [3.8, 4) is 0 Å². The Morgan fingerprint density at radius 2 is 1.05 bits per heavy atom. The number of benzene rings is 3. The summed E-state index contributed by atoms with van der Waals surface area (Å²) >= 11 is 1.72. The van der Waals surface area contributed by atoms with Crippen molar-refractivity contribution >= 4 is 72.0 Å². The molecular weight excluding hydrogens is 1390 g/mol. The van der Waals surface area contributed by atoms with Crippen molar-refractivity contribution in [1.82, 2.24) is 38.4 Å². The number of fused-ring (bicyclic) bond motifs is 6. The van der Waals surface area contributed by atoms with Crippen LogP contribution in [0.2, 0.25) is 0 Å². The second kappa shape index (κ2) is 31.0. The summed E-state index contributed by atoms with van der Waals surface area (Å²) in [6.07, 6.45) is 9.64. The molecule has 0 amide bonds. The van der Waals surface area contributed by atoms with E-state index in [2.05, 4.69) is 95.6 Å². The molecule has 7 aliphatic rings. The molecule has 3 unspecified atom stereocenters. The maximum atomic E-state index is 13.3. The van der Waals surface area contributed by atoms with Gasteiger partial charge < -0.3 is 20.4 Å². The first-order valence-electron chi connectivity index (χ1n) is 33.5. The third-order valence-corrected chi connectivity index (χ3v) is 27.5. The highest BCUT2D eigenvalue weighted by atomic mass is 32.2. The Balaban J connectivity index is 0.000000137. The van der Waals surface area contributed by atoms with Gasteiger partial charge in [-0.15, -0.1) is 0 Å². The second-order valence-electron chi connectivity index (χ2n) is 27.5. The van der Waals surface area contributed by atoms with Gasteiger partial charge in [-0.3, -0.25) is 39.9 Å². The molecule has 2 saturated carbocycles. The van der Waals surface area contributed by atoms with Crippen LogP contribution in [0.25, 0.3) is 0 Å². The summed E-state index contributed by atoms with van der Waals surface area (Å²) in [7, 11) is -14.9. The zero-order valence-corrected chi connectivity index (χ0v) is 61.3. The van der Waals surface area contributed by atoms with Crippen LogP contribution in [0.3, 0.4) is 0 Å². The summed E-state index contributed by atoms with van der Waals surface area (Å²) in [4.78, 5) is 33.5. The third kappa shape index (κ3) is 16.3. The van der Waals surface area contributed by atoms with Crippen molar-refractivity contribution in [1.29, 1.82) is 0 Å². The molecule has 536 valence electrons. The van der Waals surface area contributed by atoms with Gasteiger partial charge in [0.1, 0.15) is 0 Å². The Morgan fingerprint density at radius 3 is 1.55 bits per heavy atom. The quantitative estimate of drug-likeness (QED) is 0.0460. The van der Waals surface area contributed by atoms with Crippen LogP contribution in [0, 0.1) is 16.7 Å². The number of hydrogen-bond donors (Lipinski definition) is 7. The normalized spacial score (nSPS) is 20.8. The van der Waals surface area contributed by atoms with E-state index in [0.29, 0.717) is 89.5 Å². The fraction of sp³-hybridized carbons (Fsp3) is 0.417. The largest absolute Gasteiger partial charge is 0.392 e. The lowest BCUT2D eigenvalue weighted by atomic mass is 9.70. The predicted molar refractivity (Wildman–Crippen MR) is 392 cm³/mol. The monoisotopic (exact) mass is 1470 g/mol. The van der Waals surface area contributed by atoms with E-state index in [-0.39, 0.29) is 80.5 Å². The zero-order valence-electron chi connectivity index (χ0n) is 57.2. The number of piperidine rings is 1. The van der Waals surface area contributed by atoms with Crippen molar-refractivity contribution in [2.75, 3.05) is 25.4 Å². The van der Waals surface area contributed by atoms with Gasteiger partial charge in [-0.1, -0.05) is 114 Å². The number of aliphatic hydroxyl groups is 4. The number of hydrogen-bond acceptors (Lipinski definition) is 21. The predicted octanol–water partition coefficient (Wildman–Crippen LogP) is 7.51. The van der Waals surface area contributed by atoms with Gasteiger partial charge in [0, 0.05) is 82.6 Å². The van der Waals surface area contributed by atoms with Crippen LogP contribution in [-0.2, 0) is 92.5 Å². The molecule has 24 nitrogen and oxygen atoms in total. The maximum Gasteiger partial charge on any atom is 0.260 e. The number of thioether (sulfide) groups is 1. The highest BCUT2D eigenvalue weighted by Crippen LogP contribution is 2.65. The molecule has 4 aromatic heterocycles. The van der Waals surface area contributed by atoms with Crippen LogP contribution in [0.15, 0.2) is 166 Å². The van der Waals surface area contributed by atoms with Gasteiger partial charge in [-0.25, -0.2) is 47.8 Å². The Hall–Kier alpha value is -7.23. The topological polar surface area (TPSA) is 358 Å². The van der Waals surface area contributed by atoms with E-state index in [1.54, 1.807) is 103 Å². The van der Waals surface area contributed by atoms with Crippen LogP contribution < -0.4 is 14.2 Å². The van der Waals surface area contributed by atoms with Gasteiger partial charge >= 0.3 is 0 Å². The Labute approximate surface area is 595 Å². The highest BCUT2D eigenvalue weighted by Gasteiger charge is 2.66. The molecule has 7 aromatic rings. The summed E-state index contributed by atoms with van der Waals surface area (Å²) in [5, 5.41) is 39.8. The minimum atomic E-state index is -3.93. The van der Waals surface area contributed by atoms with Crippen molar-refractivity contribution in [3.63, 3.8) is 0 Å². The lowest BCUT2D eigenvalue weighted by Gasteiger charge is -2.37. The standard InChI is InChI=1S/C23H23N3O4S.C19H21N3O3S.C17H23N3O3S.C13H19N3O2S2/c27-14-18-9-8-17(12-19(18)15-28)21(11-16-5-2-1-3-6-16)26-31(29,30)23-20-7-4-10-24-22(20)13-25-23;23-13-15-4-1-2-5-16(15)14-7-10-22(11-8-14)26(24,25)19-17-6-3-9-20-18(17)12-21-19;1-16(2)11-6-7-17(16,3)14(21)13(11)20-24(22,23)15-10-5-4-8-18-12(10)9-19-15;1-13(2,3)19-8-7-16-20(17,18)12-10-5-4-6-14-11(10)9-15-12/h1-10,12,21,26-28H,11,13-15H2;1-6,9,14,23H,7-8,10-13H2;4-5,8,11,13-14,20-21H,6-7,9H2,1-3H3;4-6,16H,7-9H2,1-3H3/t;;11?,13-,14-,17?;/m..1./s1. The average molecular weight is 1470 g/mol. The molecule has 1 saturated heterocycles. The van der Waals surface area contributed by atoms with E-state index < -0.39 is 58.3 Å². The first kappa shape index (κ1) is 74.9. The van der Waals surface area contributed by atoms with E-state index in [0.717, 1.165) is 59.5 Å². The lowest BCUT2D eigenvalue weighted by Crippen LogP contribution is -2.50. The fourth-order valence-electron chi connectivity index (χ4n) is 14.3. The van der Waals surface area contributed by atoms with E-state index in [4.69, 9.17) is 0 Å². The number of aromatic nitrogens is 4. The minimum absolute atomic E-state index is 0.00920. The number of rotatable bonds is 16. The maximum absolute atomic E-state index is 13.3. The number of nitrogens with zero attached hydrogens (tertiary/aromatic N) is 9. The average Bonchev–Trinajstić information content (AvgIpc) is 1.54. The van der Waals surface area contributed by atoms with E-state index in [1.165, 1.54) is 4.31 Å². The van der Waals surface area contributed by atoms with E-state index >= 15 is 0 Å². The summed E-state index contributed by atoms with van der Waals surface area (Å²) < 4.78 is 113. The van der Waals surface area contributed by atoms with Crippen LogP contribution in [0.5, 0.6) is 0 Å². The number of aliphatic imine (C=N–C) groups is 4. The molecule has 101 heavy (non-hydrogen) atoms. The SMILES string of the molecule is CC(C)(C)SCCNS(=O)(=O)C1=NCc2ncccc21.CC1(C)C2CCC1(C)[C@H](O)[C@@H]2NS(=O)(=O)C1=NCc2ncccc21.O=S(=O)(C1=NCc2ncccc21)N1CCC(c2ccccc2CO)CC1.O=S(=O)(NC(Cc1ccccc1)c1ccc(CO)c(CO)c1)C1=NCc2ncccc21. The molecule has 0 spiro atoms. The van der Waals surface area contributed by atoms with Gasteiger partial charge in [0.05, 0.1) is 87.0 Å². The van der Waals surface area contributed by atoms with Crippen LogP contribution in [0.1, 0.15) is 158 Å². The zero-order chi connectivity index (χ0) is 72.1. The molecule has 9 heterocycles.